The molecule has 10 nitrogen and oxygen atoms in total. The average molecular weight is 439 g/mol. The van der Waals surface area contributed by atoms with Crippen LogP contribution in [0.25, 0.3) is 5.69 Å². The number of carbonyl (C=O) groups excluding carboxylic acids is 1. The Kier molecular flexibility index (Phi) is 5.99. The van der Waals surface area contributed by atoms with Crippen LogP contribution in [0, 0.1) is 18.7 Å². The van der Waals surface area contributed by atoms with Crippen molar-refractivity contribution in [2.24, 2.45) is 17.4 Å². The van der Waals surface area contributed by atoms with Crippen LogP contribution < -0.4 is 22.1 Å². The lowest BCUT2D eigenvalue weighted by atomic mass is 9.77. The van der Waals surface area contributed by atoms with Crippen molar-refractivity contribution < 1.29 is 9.18 Å². The summed E-state index contributed by atoms with van der Waals surface area (Å²) in [6.45, 7) is 3.71. The van der Waals surface area contributed by atoms with E-state index in [4.69, 9.17) is 11.5 Å². The number of anilines is 3. The molecule has 0 radical (unpaired) electrons. The highest BCUT2D eigenvalue weighted by Gasteiger charge is 2.31. The summed E-state index contributed by atoms with van der Waals surface area (Å²) in [4.78, 5) is 22.1. The number of aryl methyl sites for hydroxylation is 1. The number of nitrogens with one attached hydrogen (secondary N) is 2. The minimum atomic E-state index is -0.803. The molecule has 11 heteroatoms. The Morgan fingerprint density at radius 3 is 2.56 bits per heavy atom. The number of nitrogens with two attached hydrogens (primary N) is 2. The molecule has 6 N–H and O–H groups in total. The molecule has 0 aromatic carbocycles. The monoisotopic (exact) mass is 439 g/mol. The van der Waals surface area contributed by atoms with E-state index in [1.54, 1.807) is 24.7 Å². The standard InChI is InChI=1S/C21H26FN9O/c1-11(23)18(13-4-3-5-13)29-21-16(22)9-15(19(24)32)20(30-21)28-14-8-17(12(2)25-10-14)31-26-6-7-27-31/h6-11,13,18H,3-5,23H2,1-2H3,(H2,24,32)(H2,28,29,30)/t11-,18-/m0/s1. The molecule has 1 aliphatic rings. The van der Waals surface area contributed by atoms with Gasteiger partial charge in [0, 0.05) is 12.1 Å². The maximum absolute atomic E-state index is 14.8. The van der Waals surface area contributed by atoms with Crippen LogP contribution in [-0.4, -0.2) is 43.0 Å². The smallest absolute Gasteiger partial charge is 0.252 e. The SMILES string of the molecule is Cc1ncc(Nc2nc(N[C@H](C3CCC3)[C@H](C)N)c(F)cc2C(N)=O)cc1-n1nccn1. The van der Waals surface area contributed by atoms with Crippen molar-refractivity contribution in [3.05, 3.63) is 47.8 Å². The molecule has 1 fully saturated rings. The fourth-order valence-corrected chi connectivity index (χ4v) is 3.78. The fourth-order valence-electron chi connectivity index (χ4n) is 3.78. The van der Waals surface area contributed by atoms with Crippen molar-refractivity contribution in [1.82, 2.24) is 25.0 Å². The van der Waals surface area contributed by atoms with Gasteiger partial charge >= 0.3 is 0 Å². The molecule has 4 rings (SSSR count). The van der Waals surface area contributed by atoms with Crippen molar-refractivity contribution in [3.63, 3.8) is 0 Å². The Hall–Kier alpha value is -3.60. The first-order chi connectivity index (χ1) is 15.3. The van der Waals surface area contributed by atoms with Crippen molar-refractivity contribution in [2.45, 2.75) is 45.2 Å². The van der Waals surface area contributed by atoms with Gasteiger partial charge in [-0.1, -0.05) is 6.42 Å². The highest BCUT2D eigenvalue weighted by atomic mass is 19.1. The van der Waals surface area contributed by atoms with E-state index >= 15 is 0 Å². The summed E-state index contributed by atoms with van der Waals surface area (Å²) in [7, 11) is 0. The van der Waals surface area contributed by atoms with Crippen molar-refractivity contribution in [2.75, 3.05) is 10.6 Å². The molecular formula is C21H26FN9O. The van der Waals surface area contributed by atoms with Gasteiger partial charge in [0.15, 0.2) is 11.6 Å². The fraction of sp³-hybridized carbons (Fsp3) is 0.381. The lowest BCUT2D eigenvalue weighted by Crippen LogP contribution is -2.46. The summed E-state index contributed by atoms with van der Waals surface area (Å²) in [6.07, 6.45) is 7.88. The van der Waals surface area contributed by atoms with Gasteiger partial charge in [-0.2, -0.15) is 10.2 Å². The largest absolute Gasteiger partial charge is 0.365 e. The van der Waals surface area contributed by atoms with E-state index < -0.39 is 11.7 Å². The second kappa shape index (κ2) is 8.87. The zero-order valence-electron chi connectivity index (χ0n) is 17.9. The Bertz CT molecular complexity index is 1110. The number of rotatable bonds is 8. The molecule has 0 spiro atoms. The predicted octanol–water partition coefficient (Wildman–Crippen LogP) is 2.28. The van der Waals surface area contributed by atoms with Crippen LogP contribution in [0.4, 0.5) is 21.7 Å². The molecule has 0 bridgehead atoms. The molecule has 2 atom stereocenters. The Morgan fingerprint density at radius 2 is 1.97 bits per heavy atom. The highest BCUT2D eigenvalue weighted by Crippen LogP contribution is 2.33. The number of carbonyl (C=O) groups is 1. The van der Waals surface area contributed by atoms with E-state index in [1.807, 2.05) is 13.8 Å². The third-order valence-corrected chi connectivity index (χ3v) is 5.73. The van der Waals surface area contributed by atoms with Crippen LogP contribution >= 0.6 is 0 Å². The van der Waals surface area contributed by atoms with Crippen LogP contribution in [0.2, 0.25) is 0 Å². The molecule has 32 heavy (non-hydrogen) atoms. The molecule has 3 aromatic rings. The first kappa shape index (κ1) is 21.6. The van der Waals surface area contributed by atoms with E-state index in [9.17, 15) is 9.18 Å². The second-order valence-corrected chi connectivity index (χ2v) is 8.07. The van der Waals surface area contributed by atoms with Crippen LogP contribution in [0.3, 0.4) is 0 Å². The molecule has 0 saturated heterocycles. The molecule has 1 saturated carbocycles. The predicted molar refractivity (Wildman–Crippen MR) is 118 cm³/mol. The van der Waals surface area contributed by atoms with Gasteiger partial charge in [-0.15, -0.1) is 4.80 Å². The summed E-state index contributed by atoms with van der Waals surface area (Å²) in [5.74, 6) is -0.988. The number of aromatic nitrogens is 5. The lowest BCUT2D eigenvalue weighted by Gasteiger charge is -2.37. The van der Waals surface area contributed by atoms with E-state index in [1.165, 1.54) is 4.80 Å². The number of hydrogen-bond donors (Lipinski definition) is 4. The van der Waals surface area contributed by atoms with Crippen LogP contribution in [-0.2, 0) is 0 Å². The van der Waals surface area contributed by atoms with Gasteiger partial charge in [0.05, 0.1) is 35.5 Å². The van der Waals surface area contributed by atoms with E-state index in [2.05, 4.69) is 30.8 Å². The molecular weight excluding hydrogens is 413 g/mol. The molecule has 1 amide bonds. The molecule has 3 heterocycles. The summed E-state index contributed by atoms with van der Waals surface area (Å²) in [5.41, 5.74) is 13.4. The van der Waals surface area contributed by atoms with Crippen molar-refractivity contribution in [1.29, 1.82) is 0 Å². The maximum Gasteiger partial charge on any atom is 0.252 e. The van der Waals surface area contributed by atoms with Crippen molar-refractivity contribution >= 4 is 23.2 Å². The van der Waals surface area contributed by atoms with E-state index in [0.717, 1.165) is 25.3 Å². The Labute approximate surface area is 184 Å². The first-order valence-electron chi connectivity index (χ1n) is 10.5. The van der Waals surface area contributed by atoms with Gasteiger partial charge in [0.1, 0.15) is 11.5 Å². The Balaban J connectivity index is 1.68. The van der Waals surface area contributed by atoms with Crippen LogP contribution in [0.1, 0.15) is 42.2 Å². The summed E-state index contributed by atoms with van der Waals surface area (Å²) >= 11 is 0. The van der Waals surface area contributed by atoms with Crippen LogP contribution in [0.15, 0.2) is 30.7 Å². The number of amides is 1. The lowest BCUT2D eigenvalue weighted by molar-refractivity contribution is 0.100. The van der Waals surface area contributed by atoms with Crippen molar-refractivity contribution in [3.8, 4) is 5.69 Å². The topological polar surface area (TPSA) is 150 Å². The quantitative estimate of drug-likeness (QED) is 0.417. The average Bonchev–Trinajstić information content (AvgIpc) is 3.24. The van der Waals surface area contributed by atoms with Gasteiger partial charge in [-0.3, -0.25) is 9.78 Å². The number of pyridine rings is 2. The summed E-state index contributed by atoms with van der Waals surface area (Å²) < 4.78 is 14.8. The number of nitrogens with zero attached hydrogens (tertiary/aromatic N) is 5. The molecule has 0 aliphatic heterocycles. The minimum absolute atomic E-state index is 0.0146. The Morgan fingerprint density at radius 1 is 1.25 bits per heavy atom. The molecule has 3 aromatic heterocycles. The second-order valence-electron chi connectivity index (χ2n) is 8.07. The highest BCUT2D eigenvalue weighted by molar-refractivity contribution is 5.98. The zero-order valence-corrected chi connectivity index (χ0v) is 17.9. The zero-order chi connectivity index (χ0) is 22.8. The molecule has 0 unspecified atom stereocenters. The van der Waals surface area contributed by atoms with Gasteiger partial charge in [0.2, 0.25) is 0 Å². The summed E-state index contributed by atoms with van der Waals surface area (Å²) in [6, 6.07) is 2.51. The molecule has 168 valence electrons. The first-order valence-corrected chi connectivity index (χ1v) is 10.5. The van der Waals surface area contributed by atoms with E-state index in [0.29, 0.717) is 23.0 Å². The molecule has 1 aliphatic carbocycles. The van der Waals surface area contributed by atoms with Crippen LogP contribution in [0.5, 0.6) is 0 Å². The third kappa shape index (κ3) is 4.37. The number of hydrogen-bond acceptors (Lipinski definition) is 8. The summed E-state index contributed by atoms with van der Waals surface area (Å²) in [5, 5.41) is 14.4. The number of halogens is 1. The van der Waals surface area contributed by atoms with Gasteiger partial charge in [0.25, 0.3) is 5.91 Å². The van der Waals surface area contributed by atoms with Gasteiger partial charge in [-0.25, -0.2) is 9.37 Å². The van der Waals surface area contributed by atoms with E-state index in [-0.39, 0.29) is 29.3 Å². The van der Waals surface area contributed by atoms with Gasteiger partial charge in [-0.05, 0) is 44.7 Å². The third-order valence-electron chi connectivity index (χ3n) is 5.73. The van der Waals surface area contributed by atoms with Gasteiger partial charge < -0.3 is 22.1 Å². The maximum atomic E-state index is 14.8. The normalized spacial score (nSPS) is 15.6. The number of primary amides is 1. The minimum Gasteiger partial charge on any atom is -0.365 e.